The molecule has 1 aliphatic rings. The molecule has 0 aliphatic carbocycles. The van der Waals surface area contributed by atoms with E-state index in [1.807, 2.05) is 25.2 Å². The zero-order valence-electron chi connectivity index (χ0n) is 15.6. The SMILES string of the molecule is CCN1C(=O)C(C#N)=C(C)/C(=C/c2cc3c(cc(-c4cccs4)n3C)s2)C1=O. The predicted molar refractivity (Wildman–Crippen MR) is 113 cm³/mol. The maximum Gasteiger partial charge on any atom is 0.271 e. The first kappa shape index (κ1) is 18.4. The summed E-state index contributed by atoms with van der Waals surface area (Å²) >= 11 is 3.29. The highest BCUT2D eigenvalue weighted by Crippen LogP contribution is 2.36. The third kappa shape index (κ3) is 2.73. The summed E-state index contributed by atoms with van der Waals surface area (Å²) in [6, 6.07) is 10.3. The minimum Gasteiger partial charge on any atom is -0.342 e. The molecule has 4 rings (SSSR count). The van der Waals surface area contributed by atoms with Gasteiger partial charge >= 0.3 is 0 Å². The lowest BCUT2D eigenvalue weighted by Crippen LogP contribution is -2.42. The number of thiophene rings is 2. The van der Waals surface area contributed by atoms with Gasteiger partial charge in [0, 0.05) is 24.0 Å². The normalized spacial score (nSPS) is 16.5. The summed E-state index contributed by atoms with van der Waals surface area (Å²) in [5.41, 5.74) is 3.14. The molecule has 0 atom stereocenters. The number of carbonyl (C=O) groups excluding carboxylic acids is 2. The Hall–Kier alpha value is -2.95. The van der Waals surface area contributed by atoms with Crippen molar-refractivity contribution in [1.29, 1.82) is 5.26 Å². The maximum atomic E-state index is 12.8. The second-order valence-corrected chi connectivity index (χ2v) is 8.55. The summed E-state index contributed by atoms with van der Waals surface area (Å²) in [5.74, 6) is -0.859. The summed E-state index contributed by atoms with van der Waals surface area (Å²) in [6.07, 6.45) is 1.79. The van der Waals surface area contributed by atoms with E-state index in [0.29, 0.717) is 11.1 Å². The second-order valence-electron chi connectivity index (χ2n) is 6.49. The summed E-state index contributed by atoms with van der Waals surface area (Å²) in [4.78, 5) is 28.3. The molecule has 0 N–H and O–H groups in total. The number of aromatic nitrogens is 1. The average Bonchev–Trinajstić information content (AvgIpc) is 3.38. The van der Waals surface area contributed by atoms with Crippen LogP contribution in [0, 0.1) is 11.3 Å². The van der Waals surface area contributed by atoms with Crippen LogP contribution >= 0.6 is 22.7 Å². The van der Waals surface area contributed by atoms with Crippen molar-refractivity contribution in [2.24, 2.45) is 7.05 Å². The van der Waals surface area contributed by atoms with Crippen LogP contribution in [0.25, 0.3) is 26.9 Å². The molecule has 0 bridgehead atoms. The van der Waals surface area contributed by atoms with Crippen LogP contribution in [0.4, 0.5) is 0 Å². The Kier molecular flexibility index (Phi) is 4.53. The smallest absolute Gasteiger partial charge is 0.271 e. The lowest BCUT2D eigenvalue weighted by Gasteiger charge is -2.26. The van der Waals surface area contributed by atoms with Gasteiger partial charge in [0.15, 0.2) is 0 Å². The Balaban J connectivity index is 1.81. The fraction of sp³-hybridized carbons (Fsp3) is 0.190. The van der Waals surface area contributed by atoms with Gasteiger partial charge in [-0.25, -0.2) is 0 Å². The number of nitriles is 1. The van der Waals surface area contributed by atoms with Crippen molar-refractivity contribution in [3.8, 4) is 16.6 Å². The van der Waals surface area contributed by atoms with Crippen LogP contribution in [-0.4, -0.2) is 27.8 Å². The molecule has 0 unspecified atom stereocenters. The number of imide groups is 1. The van der Waals surface area contributed by atoms with Crippen LogP contribution in [0.3, 0.4) is 0 Å². The van der Waals surface area contributed by atoms with Crippen molar-refractivity contribution >= 4 is 50.8 Å². The monoisotopic (exact) mass is 407 g/mol. The quantitative estimate of drug-likeness (QED) is 0.471. The van der Waals surface area contributed by atoms with Crippen LogP contribution in [0.5, 0.6) is 0 Å². The van der Waals surface area contributed by atoms with Gasteiger partial charge in [0.2, 0.25) is 0 Å². The highest BCUT2D eigenvalue weighted by atomic mass is 32.1. The van der Waals surface area contributed by atoms with Crippen LogP contribution in [0.1, 0.15) is 18.7 Å². The average molecular weight is 408 g/mol. The van der Waals surface area contributed by atoms with Crippen molar-refractivity contribution in [3.05, 3.63) is 51.2 Å². The first-order valence-electron chi connectivity index (χ1n) is 8.78. The van der Waals surface area contributed by atoms with Gasteiger partial charge in [0.1, 0.15) is 11.6 Å². The molecule has 0 aromatic carbocycles. The number of aryl methyl sites for hydroxylation is 1. The number of hydrogen-bond donors (Lipinski definition) is 0. The van der Waals surface area contributed by atoms with Crippen molar-refractivity contribution in [2.75, 3.05) is 6.54 Å². The van der Waals surface area contributed by atoms with Gasteiger partial charge < -0.3 is 4.57 Å². The lowest BCUT2D eigenvalue weighted by atomic mass is 9.95. The van der Waals surface area contributed by atoms with Gasteiger partial charge in [-0.2, -0.15) is 5.26 Å². The Bertz CT molecular complexity index is 1220. The number of hydrogen-bond acceptors (Lipinski definition) is 5. The number of rotatable bonds is 3. The number of fused-ring (bicyclic) bond motifs is 1. The third-order valence-corrected chi connectivity index (χ3v) is 6.86. The van der Waals surface area contributed by atoms with E-state index in [9.17, 15) is 14.9 Å². The minimum atomic E-state index is -0.512. The zero-order chi connectivity index (χ0) is 20.0. The Morgan fingerprint density at radius 1 is 1.25 bits per heavy atom. The van der Waals surface area contributed by atoms with E-state index in [2.05, 4.69) is 22.1 Å². The fourth-order valence-corrected chi connectivity index (χ4v) is 5.27. The zero-order valence-corrected chi connectivity index (χ0v) is 17.3. The molecule has 2 amide bonds. The molecular formula is C21H17N3O2S2. The molecule has 0 saturated heterocycles. The van der Waals surface area contributed by atoms with E-state index < -0.39 is 5.91 Å². The third-order valence-electron chi connectivity index (χ3n) is 4.95. The van der Waals surface area contributed by atoms with Crippen LogP contribution in [-0.2, 0) is 16.6 Å². The van der Waals surface area contributed by atoms with E-state index >= 15 is 0 Å². The predicted octanol–water partition coefficient (Wildman–Crippen LogP) is 4.58. The Labute approximate surface area is 170 Å². The number of likely N-dealkylation sites (N-methyl/N-ethyl adjacent to an activating group) is 1. The van der Waals surface area contributed by atoms with Crippen molar-refractivity contribution < 1.29 is 9.59 Å². The molecule has 4 heterocycles. The Morgan fingerprint density at radius 2 is 2.04 bits per heavy atom. The first-order chi connectivity index (χ1) is 13.5. The van der Waals surface area contributed by atoms with Gasteiger partial charge in [-0.1, -0.05) is 6.07 Å². The fourth-order valence-electron chi connectivity index (χ4n) is 3.42. The first-order valence-corrected chi connectivity index (χ1v) is 10.5. The van der Waals surface area contributed by atoms with Gasteiger partial charge in [-0.3, -0.25) is 14.5 Å². The van der Waals surface area contributed by atoms with Crippen LogP contribution in [0.2, 0.25) is 0 Å². The molecule has 28 heavy (non-hydrogen) atoms. The minimum absolute atomic E-state index is 0.0359. The van der Waals surface area contributed by atoms with Crippen LogP contribution in [0.15, 0.2) is 46.4 Å². The molecule has 7 heteroatoms. The summed E-state index contributed by atoms with van der Waals surface area (Å²) in [5, 5.41) is 11.4. The molecular weight excluding hydrogens is 390 g/mol. The van der Waals surface area contributed by atoms with Gasteiger partial charge in [-0.15, -0.1) is 22.7 Å². The molecule has 0 saturated carbocycles. The molecule has 140 valence electrons. The van der Waals surface area contributed by atoms with Gasteiger partial charge in [0.25, 0.3) is 11.8 Å². The number of carbonyl (C=O) groups is 2. The topological polar surface area (TPSA) is 66.1 Å². The number of nitrogens with zero attached hydrogens (tertiary/aromatic N) is 3. The van der Waals surface area contributed by atoms with E-state index in [0.717, 1.165) is 25.7 Å². The van der Waals surface area contributed by atoms with E-state index in [4.69, 9.17) is 0 Å². The van der Waals surface area contributed by atoms with E-state index in [1.165, 1.54) is 4.88 Å². The van der Waals surface area contributed by atoms with Crippen molar-refractivity contribution in [3.63, 3.8) is 0 Å². The highest BCUT2D eigenvalue weighted by molar-refractivity contribution is 7.20. The molecule has 0 spiro atoms. The number of amides is 2. The molecule has 3 aromatic heterocycles. The molecule has 1 aliphatic heterocycles. The molecule has 3 aromatic rings. The van der Waals surface area contributed by atoms with Gasteiger partial charge in [-0.05, 0) is 49.1 Å². The van der Waals surface area contributed by atoms with Gasteiger partial charge in [0.05, 0.1) is 20.8 Å². The molecule has 0 radical (unpaired) electrons. The van der Waals surface area contributed by atoms with E-state index in [-0.39, 0.29) is 18.0 Å². The van der Waals surface area contributed by atoms with Crippen molar-refractivity contribution in [1.82, 2.24) is 9.47 Å². The largest absolute Gasteiger partial charge is 0.342 e. The summed E-state index contributed by atoms with van der Waals surface area (Å²) < 4.78 is 3.28. The summed E-state index contributed by atoms with van der Waals surface area (Å²) in [7, 11) is 2.03. The summed E-state index contributed by atoms with van der Waals surface area (Å²) in [6.45, 7) is 3.63. The second kappa shape index (κ2) is 6.89. The standard InChI is InChI=1S/C21H17N3O2S2/c1-4-24-20(25)14(12(2)15(11-22)21(24)26)8-13-9-16-19(28-13)10-17(23(16)3)18-6-5-7-27-18/h5-10H,4H2,1-3H3/b14-8-. The molecule has 0 fully saturated rings. The maximum absolute atomic E-state index is 12.8. The van der Waals surface area contributed by atoms with E-state index in [1.54, 1.807) is 42.6 Å². The van der Waals surface area contributed by atoms with Crippen molar-refractivity contribution in [2.45, 2.75) is 13.8 Å². The Morgan fingerprint density at radius 3 is 2.64 bits per heavy atom. The van der Waals surface area contributed by atoms with Crippen LogP contribution < -0.4 is 0 Å². The highest BCUT2D eigenvalue weighted by Gasteiger charge is 2.34. The molecule has 5 nitrogen and oxygen atoms in total. The lowest BCUT2D eigenvalue weighted by molar-refractivity contribution is -0.140.